The van der Waals surface area contributed by atoms with E-state index in [9.17, 15) is 9.59 Å². The highest BCUT2D eigenvalue weighted by molar-refractivity contribution is 6.30. The topological polar surface area (TPSA) is 83.2 Å². The predicted octanol–water partition coefficient (Wildman–Crippen LogP) is 5.54. The maximum absolute atomic E-state index is 12.4. The third kappa shape index (κ3) is 5.10. The molecule has 3 aromatic carbocycles. The Morgan fingerprint density at radius 2 is 1.75 bits per heavy atom. The van der Waals surface area contributed by atoms with Crippen LogP contribution < -0.4 is 15.4 Å². The zero-order valence-electron chi connectivity index (χ0n) is 17.4. The standard InChI is InChI=1S/C25H22ClN3O3/c1-16(30)29-20-9-5-17(6-10-20)25(31)27-14-13-18-15-28-24-22(18)3-2-4-23(24)32-21-11-7-19(26)8-12-21/h2-12,15,28H,13-14H2,1H3,(H,27,31)(H,29,30). The van der Waals surface area contributed by atoms with Crippen LogP contribution in [0.1, 0.15) is 22.8 Å². The second-order valence-electron chi connectivity index (χ2n) is 7.31. The summed E-state index contributed by atoms with van der Waals surface area (Å²) < 4.78 is 6.01. The number of aromatic amines is 1. The van der Waals surface area contributed by atoms with Crippen LogP contribution in [0.25, 0.3) is 10.9 Å². The Balaban J connectivity index is 1.39. The first-order chi connectivity index (χ1) is 15.5. The Labute approximate surface area is 190 Å². The molecule has 0 aliphatic rings. The van der Waals surface area contributed by atoms with Gasteiger partial charge in [0.15, 0.2) is 5.75 Å². The quantitative estimate of drug-likeness (QED) is 0.347. The minimum absolute atomic E-state index is 0.150. The summed E-state index contributed by atoms with van der Waals surface area (Å²) in [6.45, 7) is 1.93. The van der Waals surface area contributed by atoms with Crippen LogP contribution in [-0.4, -0.2) is 23.3 Å². The minimum atomic E-state index is -0.161. The number of para-hydroxylation sites is 1. The number of benzene rings is 3. The van der Waals surface area contributed by atoms with Gasteiger partial charge in [0, 0.05) is 41.3 Å². The lowest BCUT2D eigenvalue weighted by Crippen LogP contribution is -2.25. The summed E-state index contributed by atoms with van der Waals surface area (Å²) in [6, 6.07) is 19.9. The molecule has 4 aromatic rings. The van der Waals surface area contributed by atoms with Crippen molar-refractivity contribution in [3.8, 4) is 11.5 Å². The molecule has 1 aromatic heterocycles. The van der Waals surface area contributed by atoms with E-state index in [-0.39, 0.29) is 11.8 Å². The SMILES string of the molecule is CC(=O)Nc1ccc(C(=O)NCCc2c[nH]c3c(Oc4ccc(Cl)cc4)cccc23)cc1. The maximum Gasteiger partial charge on any atom is 0.251 e. The van der Waals surface area contributed by atoms with Crippen molar-refractivity contribution in [3.05, 3.63) is 89.1 Å². The predicted molar refractivity (Wildman–Crippen MR) is 127 cm³/mol. The molecule has 4 rings (SSSR count). The van der Waals surface area contributed by atoms with E-state index in [4.69, 9.17) is 16.3 Å². The van der Waals surface area contributed by atoms with E-state index in [1.54, 1.807) is 36.4 Å². The van der Waals surface area contributed by atoms with Crippen LogP contribution >= 0.6 is 11.6 Å². The molecular weight excluding hydrogens is 426 g/mol. The number of nitrogens with one attached hydrogen (secondary N) is 3. The lowest BCUT2D eigenvalue weighted by atomic mass is 10.1. The highest BCUT2D eigenvalue weighted by atomic mass is 35.5. The number of ether oxygens (including phenoxy) is 1. The van der Waals surface area contributed by atoms with Crippen molar-refractivity contribution in [2.45, 2.75) is 13.3 Å². The Bertz CT molecular complexity index is 1250. The number of H-pyrrole nitrogens is 1. The normalized spacial score (nSPS) is 10.7. The van der Waals surface area contributed by atoms with Gasteiger partial charge >= 0.3 is 0 Å². The highest BCUT2D eigenvalue weighted by Crippen LogP contribution is 2.31. The number of amides is 2. The van der Waals surface area contributed by atoms with E-state index in [0.29, 0.717) is 35.0 Å². The third-order valence-corrected chi connectivity index (χ3v) is 5.20. The molecule has 0 radical (unpaired) electrons. The van der Waals surface area contributed by atoms with Gasteiger partial charge in [0.05, 0.1) is 5.52 Å². The number of anilines is 1. The summed E-state index contributed by atoms with van der Waals surface area (Å²) in [7, 11) is 0. The molecule has 1 heterocycles. The summed E-state index contributed by atoms with van der Waals surface area (Å²) in [5.41, 5.74) is 3.18. The molecule has 0 fully saturated rings. The number of carbonyl (C=O) groups is 2. The van der Waals surface area contributed by atoms with Gasteiger partial charge in [-0.1, -0.05) is 23.7 Å². The maximum atomic E-state index is 12.4. The van der Waals surface area contributed by atoms with Crippen molar-refractivity contribution in [2.24, 2.45) is 0 Å². The molecule has 0 saturated heterocycles. The monoisotopic (exact) mass is 447 g/mol. The van der Waals surface area contributed by atoms with Crippen LogP contribution in [0.3, 0.4) is 0 Å². The summed E-state index contributed by atoms with van der Waals surface area (Å²) in [5.74, 6) is 1.11. The first-order valence-electron chi connectivity index (χ1n) is 10.2. The fourth-order valence-corrected chi connectivity index (χ4v) is 3.55. The average Bonchev–Trinajstić information content (AvgIpc) is 3.19. The van der Waals surface area contributed by atoms with Crippen LogP contribution in [0.2, 0.25) is 5.02 Å². The largest absolute Gasteiger partial charge is 0.455 e. The number of rotatable bonds is 7. The zero-order valence-corrected chi connectivity index (χ0v) is 18.2. The third-order valence-electron chi connectivity index (χ3n) is 4.95. The van der Waals surface area contributed by atoms with Crippen LogP contribution in [0.5, 0.6) is 11.5 Å². The van der Waals surface area contributed by atoms with Crippen LogP contribution in [0.4, 0.5) is 5.69 Å². The lowest BCUT2D eigenvalue weighted by molar-refractivity contribution is -0.114. The van der Waals surface area contributed by atoms with Gasteiger partial charge in [0.1, 0.15) is 5.75 Å². The van der Waals surface area contributed by atoms with Gasteiger partial charge in [0.25, 0.3) is 5.91 Å². The smallest absolute Gasteiger partial charge is 0.251 e. The summed E-state index contributed by atoms with van der Waals surface area (Å²) in [6.07, 6.45) is 2.61. The summed E-state index contributed by atoms with van der Waals surface area (Å²) in [5, 5.41) is 7.32. The van der Waals surface area contributed by atoms with E-state index in [0.717, 1.165) is 22.2 Å². The van der Waals surface area contributed by atoms with E-state index >= 15 is 0 Å². The Morgan fingerprint density at radius 1 is 1.00 bits per heavy atom. The van der Waals surface area contributed by atoms with Gasteiger partial charge in [-0.15, -0.1) is 0 Å². The minimum Gasteiger partial charge on any atom is -0.455 e. The van der Waals surface area contributed by atoms with E-state index < -0.39 is 0 Å². The summed E-state index contributed by atoms with van der Waals surface area (Å²) in [4.78, 5) is 26.8. The molecule has 2 amide bonds. The second kappa shape index (κ2) is 9.58. The molecule has 162 valence electrons. The van der Waals surface area contributed by atoms with E-state index in [2.05, 4.69) is 15.6 Å². The van der Waals surface area contributed by atoms with Crippen LogP contribution in [0, 0.1) is 0 Å². The number of carbonyl (C=O) groups excluding carboxylic acids is 2. The van der Waals surface area contributed by atoms with Gasteiger partial charge in [-0.05, 0) is 66.6 Å². The van der Waals surface area contributed by atoms with Gasteiger partial charge in [-0.3, -0.25) is 9.59 Å². The lowest BCUT2D eigenvalue weighted by Gasteiger charge is -2.08. The number of fused-ring (bicyclic) bond motifs is 1. The summed E-state index contributed by atoms with van der Waals surface area (Å²) >= 11 is 5.94. The molecule has 0 spiro atoms. The second-order valence-corrected chi connectivity index (χ2v) is 7.75. The van der Waals surface area contributed by atoms with E-state index in [1.807, 2.05) is 36.5 Å². The van der Waals surface area contributed by atoms with Crippen LogP contribution in [0.15, 0.2) is 72.9 Å². The molecular formula is C25H22ClN3O3. The number of hydrogen-bond acceptors (Lipinski definition) is 3. The molecule has 0 atom stereocenters. The Kier molecular flexibility index (Phi) is 6.42. The first-order valence-corrected chi connectivity index (χ1v) is 10.6. The number of aromatic nitrogens is 1. The highest BCUT2D eigenvalue weighted by Gasteiger charge is 2.11. The molecule has 0 unspecified atom stereocenters. The molecule has 0 bridgehead atoms. The van der Waals surface area contributed by atoms with Crippen molar-refractivity contribution in [2.75, 3.05) is 11.9 Å². The average molecular weight is 448 g/mol. The Morgan fingerprint density at radius 3 is 2.47 bits per heavy atom. The van der Waals surface area contributed by atoms with Gasteiger partial charge in [0.2, 0.25) is 5.91 Å². The number of halogens is 1. The first kappa shape index (κ1) is 21.5. The molecule has 32 heavy (non-hydrogen) atoms. The Hall–Kier alpha value is -3.77. The van der Waals surface area contributed by atoms with Crippen molar-refractivity contribution in [1.82, 2.24) is 10.3 Å². The van der Waals surface area contributed by atoms with E-state index in [1.165, 1.54) is 6.92 Å². The molecule has 0 saturated carbocycles. The van der Waals surface area contributed by atoms with Crippen molar-refractivity contribution in [1.29, 1.82) is 0 Å². The number of hydrogen-bond donors (Lipinski definition) is 3. The molecule has 3 N–H and O–H groups in total. The van der Waals surface area contributed by atoms with Gasteiger partial charge in [-0.25, -0.2) is 0 Å². The zero-order chi connectivity index (χ0) is 22.5. The fourth-order valence-electron chi connectivity index (χ4n) is 3.43. The molecule has 6 nitrogen and oxygen atoms in total. The van der Waals surface area contributed by atoms with Crippen molar-refractivity contribution < 1.29 is 14.3 Å². The molecule has 0 aliphatic carbocycles. The molecule has 0 aliphatic heterocycles. The van der Waals surface area contributed by atoms with Crippen molar-refractivity contribution in [3.63, 3.8) is 0 Å². The van der Waals surface area contributed by atoms with Gasteiger partial charge in [-0.2, -0.15) is 0 Å². The molecule has 7 heteroatoms. The van der Waals surface area contributed by atoms with Crippen molar-refractivity contribution >= 4 is 40.0 Å². The fraction of sp³-hybridized carbons (Fsp3) is 0.120. The van der Waals surface area contributed by atoms with Crippen LogP contribution in [-0.2, 0) is 11.2 Å². The van der Waals surface area contributed by atoms with Gasteiger partial charge < -0.3 is 20.4 Å².